The second-order valence-corrected chi connectivity index (χ2v) is 5.53. The van der Waals surface area contributed by atoms with Gasteiger partial charge in [0, 0.05) is 30.3 Å². The molecule has 1 fully saturated rings. The van der Waals surface area contributed by atoms with Crippen molar-refractivity contribution >= 4 is 27.3 Å². The summed E-state index contributed by atoms with van der Waals surface area (Å²) in [6.07, 6.45) is 10.6. The third kappa shape index (κ3) is 2.11. The maximum atomic E-state index is 4.57. The van der Waals surface area contributed by atoms with Gasteiger partial charge in [-0.15, -0.1) is 0 Å². The first-order valence-corrected chi connectivity index (χ1v) is 7.63. The number of hydrogen-bond donors (Lipinski definition) is 0. The van der Waals surface area contributed by atoms with E-state index in [9.17, 15) is 0 Å². The minimum absolute atomic E-state index is 0.635. The molecular weight excluding hydrogens is 292 g/mol. The Morgan fingerprint density at radius 2 is 2.33 bits per heavy atom. The highest BCUT2D eigenvalue weighted by atomic mass is 79.9. The van der Waals surface area contributed by atoms with Crippen molar-refractivity contribution < 1.29 is 0 Å². The van der Waals surface area contributed by atoms with Crippen LogP contribution >= 0.6 is 15.9 Å². The topological polar surface area (TPSA) is 33.4 Å². The highest BCUT2D eigenvalue weighted by Gasteiger charge is 2.26. The molecule has 0 aromatic carbocycles. The fraction of sp³-hybridized carbons (Fsp3) is 0.538. The van der Waals surface area contributed by atoms with Gasteiger partial charge in [-0.1, -0.05) is 15.9 Å². The van der Waals surface area contributed by atoms with Crippen LogP contribution in [0, 0.1) is 0 Å². The summed E-state index contributed by atoms with van der Waals surface area (Å²) in [5.74, 6) is 1.09. The molecule has 18 heavy (non-hydrogen) atoms. The Bertz CT molecular complexity index is 524. The molecule has 1 atom stereocenters. The summed E-state index contributed by atoms with van der Waals surface area (Å²) in [6, 6.07) is 2.68. The van der Waals surface area contributed by atoms with Crippen LogP contribution in [0.4, 0.5) is 5.82 Å². The van der Waals surface area contributed by atoms with Crippen molar-refractivity contribution in [2.45, 2.75) is 31.7 Å². The van der Waals surface area contributed by atoms with Gasteiger partial charge in [-0.25, -0.2) is 9.50 Å². The van der Waals surface area contributed by atoms with Gasteiger partial charge in [0.15, 0.2) is 5.82 Å². The predicted octanol–water partition coefficient (Wildman–Crippen LogP) is 2.87. The minimum Gasteiger partial charge on any atom is -0.352 e. The third-order valence-corrected chi connectivity index (χ3v) is 4.18. The second-order valence-electron chi connectivity index (χ2n) is 4.73. The number of rotatable bonds is 4. The number of alkyl halides is 1. The van der Waals surface area contributed by atoms with E-state index in [0.29, 0.717) is 6.04 Å². The molecule has 0 amide bonds. The molecule has 0 aliphatic carbocycles. The summed E-state index contributed by atoms with van der Waals surface area (Å²) in [7, 11) is 0. The lowest BCUT2D eigenvalue weighted by Crippen LogP contribution is -2.30. The molecule has 3 rings (SSSR count). The van der Waals surface area contributed by atoms with Gasteiger partial charge in [0.05, 0.1) is 6.20 Å². The van der Waals surface area contributed by atoms with Crippen molar-refractivity contribution in [2.24, 2.45) is 0 Å². The molecule has 0 bridgehead atoms. The van der Waals surface area contributed by atoms with Crippen LogP contribution in [0.5, 0.6) is 0 Å². The summed E-state index contributed by atoms with van der Waals surface area (Å²) in [5, 5.41) is 5.37. The molecule has 1 unspecified atom stereocenters. The lowest BCUT2D eigenvalue weighted by molar-refractivity contribution is 0.600. The molecule has 3 heterocycles. The van der Waals surface area contributed by atoms with Gasteiger partial charge in [0.25, 0.3) is 0 Å². The van der Waals surface area contributed by atoms with Crippen molar-refractivity contribution in [3.05, 3.63) is 24.7 Å². The molecule has 0 radical (unpaired) electrons. The second kappa shape index (κ2) is 5.26. The predicted molar refractivity (Wildman–Crippen MR) is 76.4 cm³/mol. The highest BCUT2D eigenvalue weighted by molar-refractivity contribution is 9.09. The average Bonchev–Trinajstić information content (AvgIpc) is 3.04. The number of anilines is 1. The lowest BCUT2D eigenvalue weighted by Gasteiger charge is -2.26. The maximum absolute atomic E-state index is 4.57. The van der Waals surface area contributed by atoms with Gasteiger partial charge in [-0.3, -0.25) is 0 Å². The van der Waals surface area contributed by atoms with Gasteiger partial charge in [-0.05, 0) is 31.7 Å². The van der Waals surface area contributed by atoms with Crippen molar-refractivity contribution in [1.29, 1.82) is 0 Å². The zero-order valence-electron chi connectivity index (χ0n) is 10.3. The molecule has 1 aliphatic heterocycles. The monoisotopic (exact) mass is 308 g/mol. The standard InChI is InChI=1S/C13H17BrN4/c14-6-1-3-11-4-2-9-17(11)13-12-5-7-16-18(12)10-8-15-13/h5,7-8,10-11H,1-4,6,9H2. The zero-order chi connectivity index (χ0) is 12.4. The molecule has 96 valence electrons. The van der Waals surface area contributed by atoms with Gasteiger partial charge in [0.1, 0.15) is 5.52 Å². The molecule has 1 saturated heterocycles. The van der Waals surface area contributed by atoms with Crippen molar-refractivity contribution in [2.75, 3.05) is 16.8 Å². The number of halogens is 1. The average molecular weight is 309 g/mol. The first-order chi connectivity index (χ1) is 8.90. The Kier molecular flexibility index (Phi) is 3.50. The van der Waals surface area contributed by atoms with E-state index in [1.54, 1.807) is 0 Å². The van der Waals surface area contributed by atoms with Crippen molar-refractivity contribution in [3.8, 4) is 0 Å². The fourth-order valence-electron chi connectivity index (χ4n) is 2.79. The number of nitrogens with zero attached hydrogens (tertiary/aromatic N) is 4. The van der Waals surface area contributed by atoms with Gasteiger partial charge in [0.2, 0.25) is 0 Å². The first kappa shape index (κ1) is 12.0. The molecule has 2 aromatic rings. The fourth-order valence-corrected chi connectivity index (χ4v) is 3.12. The quantitative estimate of drug-likeness (QED) is 0.814. The lowest BCUT2D eigenvalue weighted by atomic mass is 10.1. The number of hydrogen-bond acceptors (Lipinski definition) is 3. The summed E-state index contributed by atoms with van der Waals surface area (Å²) in [5.41, 5.74) is 1.11. The number of aromatic nitrogens is 3. The van der Waals surface area contributed by atoms with Crippen molar-refractivity contribution in [3.63, 3.8) is 0 Å². The summed E-state index contributed by atoms with van der Waals surface area (Å²) in [6.45, 7) is 1.12. The maximum Gasteiger partial charge on any atom is 0.154 e. The van der Waals surface area contributed by atoms with E-state index in [-0.39, 0.29) is 0 Å². The molecule has 0 spiro atoms. The highest BCUT2D eigenvalue weighted by Crippen LogP contribution is 2.29. The Morgan fingerprint density at radius 3 is 3.22 bits per heavy atom. The minimum atomic E-state index is 0.635. The van der Waals surface area contributed by atoms with E-state index < -0.39 is 0 Å². The van der Waals surface area contributed by atoms with E-state index in [1.165, 1.54) is 25.7 Å². The SMILES string of the molecule is BrCCCC1CCCN1c1nccn2nccc12. The van der Waals surface area contributed by atoms with Crippen molar-refractivity contribution in [1.82, 2.24) is 14.6 Å². The molecule has 0 saturated carbocycles. The molecule has 2 aromatic heterocycles. The Hall–Kier alpha value is -1.10. The van der Waals surface area contributed by atoms with Gasteiger partial charge < -0.3 is 4.90 Å². The van der Waals surface area contributed by atoms with E-state index in [4.69, 9.17) is 0 Å². The zero-order valence-corrected chi connectivity index (χ0v) is 11.9. The van der Waals surface area contributed by atoms with Crippen LogP contribution < -0.4 is 4.90 Å². The molecule has 1 aliphatic rings. The van der Waals surface area contributed by atoms with Gasteiger partial charge >= 0.3 is 0 Å². The molecule has 0 N–H and O–H groups in total. The summed E-state index contributed by atoms with van der Waals surface area (Å²) < 4.78 is 1.90. The normalized spacial score (nSPS) is 19.8. The summed E-state index contributed by atoms with van der Waals surface area (Å²) in [4.78, 5) is 7.03. The van der Waals surface area contributed by atoms with Crippen LogP contribution in [0.3, 0.4) is 0 Å². The Labute approximate surface area is 115 Å². The Morgan fingerprint density at radius 1 is 1.39 bits per heavy atom. The van der Waals surface area contributed by atoms with Crippen LogP contribution in [0.2, 0.25) is 0 Å². The van der Waals surface area contributed by atoms with E-state index in [1.807, 2.05) is 29.2 Å². The van der Waals surface area contributed by atoms with Crippen LogP contribution in [-0.2, 0) is 0 Å². The van der Waals surface area contributed by atoms with E-state index >= 15 is 0 Å². The van der Waals surface area contributed by atoms with Gasteiger partial charge in [-0.2, -0.15) is 5.10 Å². The Balaban J connectivity index is 1.90. The summed E-state index contributed by atoms with van der Waals surface area (Å²) >= 11 is 3.52. The van der Waals surface area contributed by atoms with E-state index in [2.05, 4.69) is 30.9 Å². The van der Waals surface area contributed by atoms with E-state index in [0.717, 1.165) is 23.2 Å². The number of fused-ring (bicyclic) bond motifs is 1. The van der Waals surface area contributed by atoms with Crippen LogP contribution in [0.15, 0.2) is 24.7 Å². The van der Waals surface area contributed by atoms with Crippen LogP contribution in [-0.4, -0.2) is 32.5 Å². The third-order valence-electron chi connectivity index (χ3n) is 3.62. The largest absolute Gasteiger partial charge is 0.352 e. The molecular formula is C13H17BrN4. The van der Waals surface area contributed by atoms with Crippen LogP contribution in [0.1, 0.15) is 25.7 Å². The van der Waals surface area contributed by atoms with Crippen LogP contribution in [0.25, 0.3) is 5.52 Å². The smallest absolute Gasteiger partial charge is 0.154 e. The first-order valence-electron chi connectivity index (χ1n) is 6.51. The molecule has 5 heteroatoms. The molecule has 4 nitrogen and oxygen atoms in total.